The highest BCUT2D eigenvalue weighted by atomic mass is 16.5. The van der Waals surface area contributed by atoms with E-state index in [1.807, 2.05) is 48.1 Å². The summed E-state index contributed by atoms with van der Waals surface area (Å²) in [4.78, 5) is 22.6. The number of nitrogens with one attached hydrogen (secondary N) is 1. The summed E-state index contributed by atoms with van der Waals surface area (Å²) < 4.78 is 19.3. The normalized spacial score (nSPS) is 15.0. The number of carbonyl (C=O) groups excluding carboxylic acids is 1. The fraction of sp³-hybridized carbons (Fsp3) is 0.259. The fourth-order valence-corrected chi connectivity index (χ4v) is 4.50. The Labute approximate surface area is 214 Å². The number of fused-ring (bicyclic) bond motifs is 1. The molecule has 0 radical (unpaired) electrons. The molecule has 3 heterocycles. The Morgan fingerprint density at radius 2 is 1.95 bits per heavy atom. The van der Waals surface area contributed by atoms with Gasteiger partial charge in [-0.1, -0.05) is 6.58 Å². The molecule has 190 valence electrons. The van der Waals surface area contributed by atoms with Crippen LogP contribution < -0.4 is 19.5 Å². The fourth-order valence-electron chi connectivity index (χ4n) is 4.50. The Bertz CT molecular complexity index is 1470. The molecule has 1 fully saturated rings. The molecule has 0 saturated carbocycles. The van der Waals surface area contributed by atoms with Crippen LogP contribution in [0.5, 0.6) is 17.2 Å². The van der Waals surface area contributed by atoms with Gasteiger partial charge in [-0.25, -0.2) is 9.97 Å². The van der Waals surface area contributed by atoms with Gasteiger partial charge in [-0.3, -0.25) is 9.48 Å². The summed E-state index contributed by atoms with van der Waals surface area (Å²) in [5, 5.41) is 8.43. The van der Waals surface area contributed by atoms with Crippen LogP contribution in [0.4, 0.5) is 11.5 Å². The minimum absolute atomic E-state index is 0.0984. The van der Waals surface area contributed by atoms with E-state index in [4.69, 9.17) is 14.2 Å². The zero-order valence-corrected chi connectivity index (χ0v) is 21.0. The van der Waals surface area contributed by atoms with Crippen molar-refractivity contribution < 1.29 is 19.0 Å². The number of methoxy groups -OCH3 is 2. The molecule has 2 aromatic carbocycles. The zero-order chi connectivity index (χ0) is 25.9. The summed E-state index contributed by atoms with van der Waals surface area (Å²) in [6.07, 6.45) is 5.14. The first-order valence-electron chi connectivity index (χ1n) is 11.8. The van der Waals surface area contributed by atoms with Gasteiger partial charge in [0.2, 0.25) is 5.91 Å². The molecule has 10 heteroatoms. The van der Waals surface area contributed by atoms with Crippen LogP contribution in [0.1, 0.15) is 6.42 Å². The number of aromatic nitrogens is 4. The molecule has 1 saturated heterocycles. The molecule has 0 aliphatic carbocycles. The lowest BCUT2D eigenvalue weighted by molar-refractivity contribution is -0.125. The van der Waals surface area contributed by atoms with E-state index in [1.54, 1.807) is 25.3 Å². The maximum atomic E-state index is 12.0. The highest BCUT2D eigenvalue weighted by Gasteiger charge is 2.27. The maximum Gasteiger partial charge on any atom is 0.246 e. The second-order valence-electron chi connectivity index (χ2n) is 8.64. The van der Waals surface area contributed by atoms with E-state index in [0.717, 1.165) is 28.8 Å². The van der Waals surface area contributed by atoms with E-state index >= 15 is 0 Å². The van der Waals surface area contributed by atoms with Crippen molar-refractivity contribution in [2.45, 2.75) is 12.5 Å². The number of ether oxygens (including phenoxy) is 3. The summed E-state index contributed by atoms with van der Waals surface area (Å²) in [5.74, 6) is 2.27. The van der Waals surface area contributed by atoms with E-state index in [-0.39, 0.29) is 12.0 Å². The lowest BCUT2D eigenvalue weighted by Crippen LogP contribution is -2.29. The average molecular weight is 501 g/mol. The molecule has 0 bridgehead atoms. The van der Waals surface area contributed by atoms with Crippen LogP contribution in [-0.2, 0) is 11.8 Å². The van der Waals surface area contributed by atoms with Crippen LogP contribution >= 0.6 is 0 Å². The second kappa shape index (κ2) is 10.2. The van der Waals surface area contributed by atoms with Crippen LogP contribution in [0.25, 0.3) is 22.2 Å². The largest absolute Gasteiger partial charge is 0.495 e. The van der Waals surface area contributed by atoms with Crippen molar-refractivity contribution in [2.24, 2.45) is 7.05 Å². The van der Waals surface area contributed by atoms with Crippen LogP contribution in [0.3, 0.4) is 0 Å². The third-order valence-corrected chi connectivity index (χ3v) is 6.41. The number of likely N-dealkylation sites (tertiary alicyclic amines) is 1. The van der Waals surface area contributed by atoms with E-state index < -0.39 is 0 Å². The highest BCUT2D eigenvalue weighted by Crippen LogP contribution is 2.38. The Kier molecular flexibility index (Phi) is 6.63. The Hall–Kier alpha value is -4.60. The van der Waals surface area contributed by atoms with Crippen molar-refractivity contribution in [3.63, 3.8) is 0 Å². The van der Waals surface area contributed by atoms with Crippen molar-refractivity contribution >= 4 is 28.3 Å². The number of nitrogens with zero attached hydrogens (tertiary/aromatic N) is 5. The molecule has 1 aliphatic rings. The Morgan fingerprint density at radius 3 is 2.68 bits per heavy atom. The number of amides is 1. The molecule has 10 nitrogen and oxygen atoms in total. The summed E-state index contributed by atoms with van der Waals surface area (Å²) >= 11 is 0. The molecule has 37 heavy (non-hydrogen) atoms. The van der Waals surface area contributed by atoms with Crippen molar-refractivity contribution in [2.75, 3.05) is 32.6 Å². The second-order valence-corrected chi connectivity index (χ2v) is 8.64. The molecular weight excluding hydrogens is 472 g/mol. The van der Waals surface area contributed by atoms with E-state index in [9.17, 15) is 4.79 Å². The summed E-state index contributed by atoms with van der Waals surface area (Å²) in [7, 11) is 5.11. The van der Waals surface area contributed by atoms with Crippen LogP contribution in [0.15, 0.2) is 61.6 Å². The van der Waals surface area contributed by atoms with Crippen molar-refractivity contribution in [1.29, 1.82) is 0 Å². The highest BCUT2D eigenvalue weighted by molar-refractivity contribution is 5.94. The quantitative estimate of drug-likeness (QED) is 0.363. The minimum atomic E-state index is -0.160. The van der Waals surface area contributed by atoms with Gasteiger partial charge in [0.05, 0.1) is 37.7 Å². The van der Waals surface area contributed by atoms with E-state index in [1.165, 1.54) is 12.4 Å². The third-order valence-electron chi connectivity index (χ3n) is 6.41. The molecule has 1 amide bonds. The van der Waals surface area contributed by atoms with Crippen molar-refractivity contribution in [1.82, 2.24) is 24.6 Å². The van der Waals surface area contributed by atoms with Gasteiger partial charge in [0.25, 0.3) is 0 Å². The summed E-state index contributed by atoms with van der Waals surface area (Å²) in [6.45, 7) is 4.68. The van der Waals surface area contributed by atoms with Crippen LogP contribution in [0.2, 0.25) is 0 Å². The number of hydrogen-bond donors (Lipinski definition) is 1. The summed E-state index contributed by atoms with van der Waals surface area (Å²) in [6, 6.07) is 11.5. The van der Waals surface area contributed by atoms with E-state index in [0.29, 0.717) is 41.7 Å². The van der Waals surface area contributed by atoms with Gasteiger partial charge in [0.1, 0.15) is 24.0 Å². The molecule has 1 atom stereocenters. The maximum absolute atomic E-state index is 12.0. The predicted molar refractivity (Wildman–Crippen MR) is 140 cm³/mol. The number of rotatable bonds is 8. The number of hydrogen-bond acceptors (Lipinski definition) is 8. The average Bonchev–Trinajstić information content (AvgIpc) is 3.57. The molecule has 4 aromatic rings. The van der Waals surface area contributed by atoms with Gasteiger partial charge in [0, 0.05) is 43.2 Å². The van der Waals surface area contributed by atoms with Gasteiger partial charge >= 0.3 is 0 Å². The minimum Gasteiger partial charge on any atom is -0.495 e. The molecule has 5 rings (SSSR count). The monoisotopic (exact) mass is 500 g/mol. The topological polar surface area (TPSA) is 104 Å². The first kappa shape index (κ1) is 24.1. The first-order valence-corrected chi connectivity index (χ1v) is 11.8. The number of carbonyl (C=O) groups is 1. The van der Waals surface area contributed by atoms with Gasteiger partial charge in [-0.15, -0.1) is 0 Å². The number of benzene rings is 2. The molecular formula is C27H28N6O4. The molecule has 0 spiro atoms. The smallest absolute Gasteiger partial charge is 0.246 e. The standard InChI is InChI=1S/C27H28N6O4/c1-5-26(34)33-11-9-18(15-33)37-25-13-19-20(14-24(25)36-4)28-16-29-27(19)31-21-12-17(6-7-23(21)35-3)22-8-10-30-32(22)2/h5-8,10,12-14,16,18H,1,9,11,15H2,2-4H3,(H,28,29,31). The Balaban J connectivity index is 1.49. The Morgan fingerprint density at radius 1 is 1.11 bits per heavy atom. The lowest BCUT2D eigenvalue weighted by atomic mass is 10.1. The van der Waals surface area contributed by atoms with E-state index in [2.05, 4.69) is 27.0 Å². The predicted octanol–water partition coefficient (Wildman–Crippen LogP) is 3.96. The zero-order valence-electron chi connectivity index (χ0n) is 21.0. The SMILES string of the molecule is C=CC(=O)N1CCC(Oc2cc3c(Nc4cc(-c5ccnn5C)ccc4OC)ncnc3cc2OC)C1. The van der Waals surface area contributed by atoms with Crippen molar-refractivity contribution in [3.8, 4) is 28.5 Å². The molecule has 2 aromatic heterocycles. The van der Waals surface area contributed by atoms with Crippen LogP contribution in [-0.4, -0.2) is 64.0 Å². The van der Waals surface area contributed by atoms with Gasteiger partial charge in [-0.05, 0) is 36.4 Å². The van der Waals surface area contributed by atoms with Crippen LogP contribution in [0, 0.1) is 0 Å². The lowest BCUT2D eigenvalue weighted by Gasteiger charge is -2.19. The van der Waals surface area contributed by atoms with Gasteiger partial charge in [-0.2, -0.15) is 5.10 Å². The number of aryl methyl sites for hydroxylation is 1. The van der Waals surface area contributed by atoms with Gasteiger partial charge in [0.15, 0.2) is 11.5 Å². The molecule has 1 aliphatic heterocycles. The molecule has 1 N–H and O–H groups in total. The molecule has 1 unspecified atom stereocenters. The van der Waals surface area contributed by atoms with Crippen molar-refractivity contribution in [3.05, 3.63) is 61.6 Å². The third kappa shape index (κ3) is 4.77. The number of anilines is 2. The summed E-state index contributed by atoms with van der Waals surface area (Å²) in [5.41, 5.74) is 3.39. The van der Waals surface area contributed by atoms with Gasteiger partial charge < -0.3 is 24.4 Å². The first-order chi connectivity index (χ1) is 18.0.